The second-order valence-corrected chi connectivity index (χ2v) is 8.68. The first kappa shape index (κ1) is 18.3. The van der Waals surface area contributed by atoms with Crippen LogP contribution < -0.4 is 10.5 Å². The predicted molar refractivity (Wildman–Crippen MR) is 116 cm³/mol. The molecule has 3 aromatic rings. The SMILES string of the molecule is CCCC1CCC(c2ccc(OC)c3sc(-c4ccc(N)cc4)nc23)CC1. The van der Waals surface area contributed by atoms with E-state index in [1.165, 1.54) is 44.1 Å². The fourth-order valence-corrected chi connectivity index (χ4v) is 5.51. The predicted octanol–water partition coefficient (Wildman–Crippen LogP) is 6.63. The Bertz CT molecular complexity index is 908. The Kier molecular flexibility index (Phi) is 5.35. The molecule has 1 aliphatic carbocycles. The number of benzene rings is 2. The number of hydrogen-bond donors (Lipinski definition) is 1. The van der Waals surface area contributed by atoms with Crippen LogP contribution in [0.3, 0.4) is 0 Å². The zero-order chi connectivity index (χ0) is 18.8. The van der Waals surface area contributed by atoms with Crippen molar-refractivity contribution in [1.29, 1.82) is 0 Å². The van der Waals surface area contributed by atoms with Crippen LogP contribution in [0.2, 0.25) is 0 Å². The molecule has 0 aliphatic heterocycles. The molecule has 0 spiro atoms. The van der Waals surface area contributed by atoms with Crippen LogP contribution in [0.5, 0.6) is 5.75 Å². The van der Waals surface area contributed by atoms with Gasteiger partial charge in [0.05, 0.1) is 17.3 Å². The Balaban J connectivity index is 1.70. The van der Waals surface area contributed by atoms with Crippen LogP contribution in [-0.2, 0) is 0 Å². The summed E-state index contributed by atoms with van der Waals surface area (Å²) in [7, 11) is 1.74. The highest BCUT2D eigenvalue weighted by atomic mass is 32.1. The van der Waals surface area contributed by atoms with E-state index in [0.717, 1.165) is 38.1 Å². The van der Waals surface area contributed by atoms with Crippen LogP contribution in [0.1, 0.15) is 56.9 Å². The van der Waals surface area contributed by atoms with E-state index in [-0.39, 0.29) is 0 Å². The van der Waals surface area contributed by atoms with Crippen LogP contribution in [0, 0.1) is 5.92 Å². The van der Waals surface area contributed by atoms with Crippen LogP contribution in [0.4, 0.5) is 5.69 Å². The number of anilines is 1. The number of ether oxygens (including phenoxy) is 1. The summed E-state index contributed by atoms with van der Waals surface area (Å²) in [6.07, 6.45) is 7.94. The van der Waals surface area contributed by atoms with E-state index in [9.17, 15) is 0 Å². The van der Waals surface area contributed by atoms with Crippen LogP contribution >= 0.6 is 11.3 Å². The zero-order valence-electron chi connectivity index (χ0n) is 16.2. The Morgan fingerprint density at radius 1 is 1.07 bits per heavy atom. The quantitative estimate of drug-likeness (QED) is 0.505. The van der Waals surface area contributed by atoms with Crippen LogP contribution in [-0.4, -0.2) is 12.1 Å². The third kappa shape index (κ3) is 3.68. The molecule has 2 N–H and O–H groups in total. The average Bonchev–Trinajstić information content (AvgIpc) is 3.14. The van der Waals surface area contributed by atoms with Gasteiger partial charge in [0.1, 0.15) is 10.8 Å². The average molecular weight is 381 g/mol. The summed E-state index contributed by atoms with van der Waals surface area (Å²) in [5, 5.41) is 1.04. The molecule has 0 bridgehead atoms. The first-order valence-electron chi connectivity index (χ1n) is 10.0. The highest BCUT2D eigenvalue weighted by Gasteiger charge is 2.25. The molecule has 4 rings (SSSR count). The van der Waals surface area contributed by atoms with Gasteiger partial charge in [0.25, 0.3) is 0 Å². The zero-order valence-corrected chi connectivity index (χ0v) is 17.0. The molecule has 0 saturated heterocycles. The maximum atomic E-state index is 5.84. The molecule has 1 aliphatic rings. The molecule has 0 amide bonds. The van der Waals surface area contributed by atoms with E-state index in [4.69, 9.17) is 15.5 Å². The Labute approximate surface area is 165 Å². The second-order valence-electron chi connectivity index (χ2n) is 7.68. The summed E-state index contributed by atoms with van der Waals surface area (Å²) in [5.74, 6) is 2.46. The smallest absolute Gasteiger partial charge is 0.138 e. The van der Waals surface area contributed by atoms with Gasteiger partial charge < -0.3 is 10.5 Å². The molecule has 2 aromatic carbocycles. The molecule has 1 aromatic heterocycles. The highest BCUT2D eigenvalue weighted by molar-refractivity contribution is 7.22. The van der Waals surface area contributed by atoms with Crippen molar-refractivity contribution in [3.05, 3.63) is 42.0 Å². The number of nitrogens with zero attached hydrogens (tertiary/aromatic N) is 1. The molecule has 1 fully saturated rings. The largest absolute Gasteiger partial charge is 0.495 e. The van der Waals surface area contributed by atoms with Gasteiger partial charge in [-0.25, -0.2) is 4.98 Å². The van der Waals surface area contributed by atoms with Gasteiger partial charge in [-0.1, -0.05) is 25.8 Å². The van der Waals surface area contributed by atoms with Crippen LogP contribution in [0.25, 0.3) is 20.8 Å². The molecule has 27 heavy (non-hydrogen) atoms. The Hall–Kier alpha value is -2.07. The number of hydrogen-bond acceptors (Lipinski definition) is 4. The van der Waals surface area contributed by atoms with Crippen LogP contribution in [0.15, 0.2) is 36.4 Å². The van der Waals surface area contributed by atoms with Gasteiger partial charge in [0.15, 0.2) is 0 Å². The normalized spacial score (nSPS) is 20.1. The number of rotatable bonds is 5. The lowest BCUT2D eigenvalue weighted by Gasteiger charge is -2.28. The van der Waals surface area contributed by atoms with Crippen molar-refractivity contribution >= 4 is 27.2 Å². The summed E-state index contributed by atoms with van der Waals surface area (Å²) in [6, 6.07) is 12.4. The molecular weight excluding hydrogens is 352 g/mol. The first-order valence-corrected chi connectivity index (χ1v) is 10.8. The van der Waals surface area contributed by atoms with Crippen molar-refractivity contribution in [3.8, 4) is 16.3 Å². The molecular formula is C23H28N2OS. The Morgan fingerprint density at radius 2 is 1.81 bits per heavy atom. The van der Waals surface area contributed by atoms with E-state index in [1.54, 1.807) is 18.4 Å². The van der Waals surface area contributed by atoms with E-state index in [0.29, 0.717) is 5.92 Å². The molecule has 142 valence electrons. The van der Waals surface area contributed by atoms with Gasteiger partial charge in [-0.15, -0.1) is 11.3 Å². The number of methoxy groups -OCH3 is 1. The molecule has 4 heteroatoms. The van der Waals surface area contributed by atoms with Gasteiger partial charge in [0, 0.05) is 11.3 Å². The van der Waals surface area contributed by atoms with Crippen molar-refractivity contribution < 1.29 is 4.74 Å². The van der Waals surface area contributed by atoms with E-state index < -0.39 is 0 Å². The number of nitrogen functional groups attached to an aromatic ring is 1. The van der Waals surface area contributed by atoms with E-state index in [1.807, 2.05) is 12.1 Å². The van der Waals surface area contributed by atoms with Gasteiger partial charge in [-0.2, -0.15) is 0 Å². The third-order valence-corrected chi connectivity index (χ3v) is 7.02. The summed E-state index contributed by atoms with van der Waals surface area (Å²) in [5.41, 5.74) is 10.3. The molecule has 0 atom stereocenters. The topological polar surface area (TPSA) is 48.1 Å². The standard InChI is InChI=1S/C23H28N2OS/c1-3-4-15-5-7-16(8-6-15)19-13-14-20(26-2)22-21(19)25-23(27-22)17-9-11-18(24)12-10-17/h9-16H,3-8,24H2,1-2H3. The summed E-state index contributed by atoms with van der Waals surface area (Å²) in [4.78, 5) is 5.05. The first-order chi connectivity index (χ1) is 13.2. The van der Waals surface area contributed by atoms with Gasteiger partial charge in [0.2, 0.25) is 0 Å². The van der Waals surface area contributed by atoms with Gasteiger partial charge >= 0.3 is 0 Å². The fourth-order valence-electron chi connectivity index (χ4n) is 4.41. The molecule has 1 saturated carbocycles. The Morgan fingerprint density at radius 3 is 2.48 bits per heavy atom. The molecule has 0 unspecified atom stereocenters. The third-order valence-electron chi connectivity index (χ3n) is 5.90. The monoisotopic (exact) mass is 380 g/mol. The van der Waals surface area contributed by atoms with Gasteiger partial charge in [-0.3, -0.25) is 0 Å². The minimum atomic E-state index is 0.618. The minimum Gasteiger partial charge on any atom is -0.495 e. The van der Waals surface area contributed by atoms with Crippen molar-refractivity contribution in [2.45, 2.75) is 51.4 Å². The summed E-state index contributed by atoms with van der Waals surface area (Å²) < 4.78 is 6.80. The lowest BCUT2D eigenvalue weighted by molar-refractivity contribution is 0.309. The maximum Gasteiger partial charge on any atom is 0.138 e. The molecule has 0 radical (unpaired) electrons. The van der Waals surface area contributed by atoms with E-state index >= 15 is 0 Å². The maximum absolute atomic E-state index is 5.84. The van der Waals surface area contributed by atoms with Crippen molar-refractivity contribution in [2.24, 2.45) is 5.92 Å². The highest BCUT2D eigenvalue weighted by Crippen LogP contribution is 2.44. The number of nitrogens with two attached hydrogens (primary N) is 1. The lowest BCUT2D eigenvalue weighted by Crippen LogP contribution is -2.13. The molecule has 3 nitrogen and oxygen atoms in total. The second kappa shape index (κ2) is 7.89. The van der Waals surface area contributed by atoms with Crippen molar-refractivity contribution in [2.75, 3.05) is 12.8 Å². The minimum absolute atomic E-state index is 0.618. The summed E-state index contributed by atoms with van der Waals surface area (Å²) >= 11 is 1.72. The number of fused-ring (bicyclic) bond motifs is 1. The summed E-state index contributed by atoms with van der Waals surface area (Å²) in [6.45, 7) is 2.30. The lowest BCUT2D eigenvalue weighted by atomic mass is 9.77. The van der Waals surface area contributed by atoms with Crippen molar-refractivity contribution in [1.82, 2.24) is 4.98 Å². The van der Waals surface area contributed by atoms with Crippen molar-refractivity contribution in [3.63, 3.8) is 0 Å². The van der Waals surface area contributed by atoms with Gasteiger partial charge in [-0.05, 0) is 73.4 Å². The fraction of sp³-hybridized carbons (Fsp3) is 0.435. The van der Waals surface area contributed by atoms with E-state index in [2.05, 4.69) is 31.2 Å². The number of thiazole rings is 1. The molecule has 1 heterocycles. The number of aromatic nitrogens is 1.